The van der Waals surface area contributed by atoms with Gasteiger partial charge in [-0.3, -0.25) is 9.69 Å². The van der Waals surface area contributed by atoms with E-state index in [0.29, 0.717) is 23.6 Å². The van der Waals surface area contributed by atoms with Crippen molar-refractivity contribution in [3.63, 3.8) is 0 Å². The Bertz CT molecular complexity index is 919. The lowest BCUT2D eigenvalue weighted by atomic mass is 10.1. The molecule has 1 amide bonds. The lowest BCUT2D eigenvalue weighted by molar-refractivity contribution is 0.0761. The largest absolute Gasteiger partial charge is 0.455 e. The van der Waals surface area contributed by atoms with Gasteiger partial charge in [-0.15, -0.1) is 0 Å². The Labute approximate surface area is 181 Å². The van der Waals surface area contributed by atoms with Gasteiger partial charge in [-0.1, -0.05) is 11.6 Å². The average molecular weight is 432 g/mol. The van der Waals surface area contributed by atoms with Crippen molar-refractivity contribution in [2.24, 2.45) is 0 Å². The summed E-state index contributed by atoms with van der Waals surface area (Å²) in [6.07, 6.45) is 3.59. The number of amides is 1. The number of rotatable bonds is 6. The second kappa shape index (κ2) is 9.33. The van der Waals surface area contributed by atoms with E-state index in [-0.39, 0.29) is 10.9 Å². The molecule has 1 saturated heterocycles. The summed E-state index contributed by atoms with van der Waals surface area (Å²) in [5.41, 5.74) is 1.50. The lowest BCUT2D eigenvalue weighted by Gasteiger charge is -2.22. The van der Waals surface area contributed by atoms with Crippen LogP contribution in [0.4, 0.5) is 4.39 Å². The smallest absolute Gasteiger partial charge is 0.253 e. The fourth-order valence-corrected chi connectivity index (χ4v) is 4.15. The van der Waals surface area contributed by atoms with Gasteiger partial charge >= 0.3 is 0 Å². The van der Waals surface area contributed by atoms with E-state index in [1.807, 2.05) is 18.0 Å². The van der Waals surface area contributed by atoms with Gasteiger partial charge in [0.05, 0.1) is 5.02 Å². The van der Waals surface area contributed by atoms with Gasteiger partial charge in [0, 0.05) is 49.9 Å². The van der Waals surface area contributed by atoms with Crippen LogP contribution in [-0.4, -0.2) is 55.0 Å². The highest BCUT2D eigenvalue weighted by atomic mass is 35.5. The average Bonchev–Trinajstić information content (AvgIpc) is 3.57. The third kappa shape index (κ3) is 4.94. The molecule has 5 nitrogen and oxygen atoms in total. The summed E-state index contributed by atoms with van der Waals surface area (Å²) in [6.45, 7) is 4.10. The maximum Gasteiger partial charge on any atom is 0.253 e. The van der Waals surface area contributed by atoms with E-state index in [9.17, 15) is 9.18 Å². The molecule has 1 aliphatic heterocycles. The number of hydrogen-bond acceptors (Lipinski definition) is 4. The molecular formula is C23H27ClFN3O2. The molecule has 1 saturated carbocycles. The topological polar surface area (TPSA) is 44.8 Å². The Morgan fingerprint density at radius 2 is 1.93 bits per heavy atom. The van der Waals surface area contributed by atoms with Crippen molar-refractivity contribution in [1.29, 1.82) is 0 Å². The second-order valence-corrected chi connectivity index (χ2v) is 8.35. The molecular weight excluding hydrogens is 405 g/mol. The van der Waals surface area contributed by atoms with Crippen molar-refractivity contribution in [1.82, 2.24) is 15.1 Å². The number of nitrogens with zero attached hydrogens (tertiary/aromatic N) is 2. The molecule has 0 unspecified atom stereocenters. The van der Waals surface area contributed by atoms with Crippen LogP contribution in [0.3, 0.4) is 0 Å². The summed E-state index contributed by atoms with van der Waals surface area (Å²) in [7, 11) is 1.84. The number of halogens is 2. The maximum absolute atomic E-state index is 13.3. The quantitative estimate of drug-likeness (QED) is 0.740. The van der Waals surface area contributed by atoms with E-state index in [4.69, 9.17) is 16.3 Å². The molecule has 1 aliphatic carbocycles. The van der Waals surface area contributed by atoms with Gasteiger partial charge in [0.15, 0.2) is 0 Å². The van der Waals surface area contributed by atoms with Crippen molar-refractivity contribution < 1.29 is 13.9 Å². The van der Waals surface area contributed by atoms with Crippen molar-refractivity contribution in [2.45, 2.75) is 31.8 Å². The number of nitrogens with one attached hydrogen (secondary N) is 1. The Kier molecular flexibility index (Phi) is 6.56. The molecule has 0 radical (unpaired) electrons. The van der Waals surface area contributed by atoms with Gasteiger partial charge < -0.3 is 15.0 Å². The second-order valence-electron chi connectivity index (χ2n) is 7.94. The number of ether oxygens (including phenoxy) is 1. The molecule has 2 fully saturated rings. The third-order valence-corrected chi connectivity index (χ3v) is 5.96. The van der Waals surface area contributed by atoms with Gasteiger partial charge in [0.2, 0.25) is 0 Å². The Balaban J connectivity index is 1.51. The molecule has 0 atom stereocenters. The Morgan fingerprint density at radius 3 is 2.67 bits per heavy atom. The van der Waals surface area contributed by atoms with E-state index >= 15 is 0 Å². The van der Waals surface area contributed by atoms with Gasteiger partial charge in [0.1, 0.15) is 17.3 Å². The molecule has 0 spiro atoms. The highest BCUT2D eigenvalue weighted by molar-refractivity contribution is 6.32. The first-order valence-electron chi connectivity index (χ1n) is 10.5. The minimum absolute atomic E-state index is 0.0522. The van der Waals surface area contributed by atoms with Crippen molar-refractivity contribution in [3.05, 3.63) is 58.4 Å². The zero-order valence-electron chi connectivity index (χ0n) is 17.2. The summed E-state index contributed by atoms with van der Waals surface area (Å²) in [5.74, 6) is 0.602. The maximum atomic E-state index is 13.3. The van der Waals surface area contributed by atoms with Crippen molar-refractivity contribution in [3.8, 4) is 11.5 Å². The first-order valence-corrected chi connectivity index (χ1v) is 10.9. The van der Waals surface area contributed by atoms with Crippen molar-refractivity contribution in [2.75, 3.05) is 33.2 Å². The van der Waals surface area contributed by atoms with Gasteiger partial charge in [-0.25, -0.2) is 4.39 Å². The summed E-state index contributed by atoms with van der Waals surface area (Å²) >= 11 is 6.10. The molecule has 7 heteroatoms. The van der Waals surface area contributed by atoms with Crippen LogP contribution >= 0.6 is 11.6 Å². The predicted molar refractivity (Wildman–Crippen MR) is 116 cm³/mol. The summed E-state index contributed by atoms with van der Waals surface area (Å²) in [6, 6.07) is 10.2. The molecule has 1 heterocycles. The van der Waals surface area contributed by atoms with E-state index < -0.39 is 5.82 Å². The molecule has 30 heavy (non-hydrogen) atoms. The fourth-order valence-electron chi connectivity index (χ4n) is 3.95. The minimum atomic E-state index is -0.415. The molecule has 2 aliphatic rings. The van der Waals surface area contributed by atoms with Crippen molar-refractivity contribution >= 4 is 17.5 Å². The molecule has 4 rings (SSSR count). The van der Waals surface area contributed by atoms with Crippen LogP contribution in [0.1, 0.15) is 35.2 Å². The Hall–Kier alpha value is -2.15. The number of benzene rings is 2. The minimum Gasteiger partial charge on any atom is -0.455 e. The molecule has 160 valence electrons. The van der Waals surface area contributed by atoms with Crippen LogP contribution in [0.2, 0.25) is 5.02 Å². The zero-order chi connectivity index (χ0) is 21.1. The normalized spacial score (nSPS) is 17.6. The summed E-state index contributed by atoms with van der Waals surface area (Å²) in [5, 5.41) is 3.31. The third-order valence-electron chi connectivity index (χ3n) is 5.67. The van der Waals surface area contributed by atoms with Gasteiger partial charge in [-0.05, 0) is 62.7 Å². The van der Waals surface area contributed by atoms with Crippen LogP contribution in [0.15, 0.2) is 36.4 Å². The van der Waals surface area contributed by atoms with Crippen LogP contribution in [0.5, 0.6) is 11.5 Å². The predicted octanol–water partition coefficient (Wildman–Crippen LogP) is 4.30. The van der Waals surface area contributed by atoms with Gasteiger partial charge in [-0.2, -0.15) is 0 Å². The molecule has 2 aromatic carbocycles. The first-order chi connectivity index (χ1) is 14.5. The lowest BCUT2D eigenvalue weighted by Crippen LogP contribution is -2.35. The molecule has 0 bridgehead atoms. The van der Waals surface area contributed by atoms with E-state index in [1.165, 1.54) is 31.0 Å². The number of hydrogen-bond donors (Lipinski definition) is 1. The molecule has 1 N–H and O–H groups in total. The highest BCUT2D eigenvalue weighted by Gasteiger charge is 2.31. The first kappa shape index (κ1) is 21.1. The number of carbonyl (C=O) groups is 1. The molecule has 2 aromatic rings. The van der Waals surface area contributed by atoms with E-state index in [2.05, 4.69) is 10.2 Å². The van der Waals surface area contributed by atoms with Crippen LogP contribution in [-0.2, 0) is 6.54 Å². The van der Waals surface area contributed by atoms with E-state index in [1.54, 1.807) is 12.1 Å². The number of carbonyl (C=O) groups excluding carboxylic acids is 1. The summed E-state index contributed by atoms with van der Waals surface area (Å²) < 4.78 is 19.2. The van der Waals surface area contributed by atoms with Crippen LogP contribution in [0.25, 0.3) is 0 Å². The standard InChI is InChI=1S/C23H27ClFN3O2/c1-26-15-17-13-16(3-7-21(17)30-22-8-4-18(25)14-20(22)24)23(29)28-10-2-9-27(11-12-28)19-5-6-19/h3-4,7-8,13-14,19,26H,2,5-6,9-12,15H2,1H3. The molecule has 0 aromatic heterocycles. The monoisotopic (exact) mass is 431 g/mol. The van der Waals surface area contributed by atoms with Crippen LogP contribution in [0, 0.1) is 5.82 Å². The Morgan fingerprint density at radius 1 is 1.13 bits per heavy atom. The van der Waals surface area contributed by atoms with Crippen LogP contribution < -0.4 is 10.1 Å². The summed E-state index contributed by atoms with van der Waals surface area (Å²) in [4.78, 5) is 17.6. The zero-order valence-corrected chi connectivity index (χ0v) is 17.9. The fraction of sp³-hybridized carbons (Fsp3) is 0.435. The van der Waals surface area contributed by atoms with E-state index in [0.717, 1.165) is 44.2 Å². The SMILES string of the molecule is CNCc1cc(C(=O)N2CCCN(C3CC3)CC2)ccc1Oc1ccc(F)cc1Cl. The van der Waals surface area contributed by atoms with Gasteiger partial charge in [0.25, 0.3) is 5.91 Å². The highest BCUT2D eigenvalue weighted by Crippen LogP contribution is 2.33.